The average Bonchev–Trinajstić information content (AvgIpc) is 3.29. The van der Waals surface area contributed by atoms with Gasteiger partial charge in [0.25, 0.3) is 17.2 Å². The summed E-state index contributed by atoms with van der Waals surface area (Å²) in [5, 5.41) is 18.2. The number of hydrogen-bond donors (Lipinski definition) is 1. The Balaban J connectivity index is 1.64. The third-order valence-corrected chi connectivity index (χ3v) is 7.85. The van der Waals surface area contributed by atoms with Crippen LogP contribution in [-0.4, -0.2) is 34.0 Å². The van der Waals surface area contributed by atoms with Crippen molar-refractivity contribution in [3.63, 3.8) is 0 Å². The first-order valence-electron chi connectivity index (χ1n) is 9.49. The average molecular weight is 486 g/mol. The van der Waals surface area contributed by atoms with Gasteiger partial charge in [-0.05, 0) is 25.1 Å². The summed E-state index contributed by atoms with van der Waals surface area (Å²) >= 11 is 0.725. The molecule has 0 aliphatic rings. The lowest BCUT2D eigenvalue weighted by molar-refractivity contribution is -0.384. The number of nitro groups is 1. The van der Waals surface area contributed by atoms with Crippen molar-refractivity contribution in [3.05, 3.63) is 80.9 Å². The van der Waals surface area contributed by atoms with Gasteiger partial charge in [-0.3, -0.25) is 25.0 Å². The van der Waals surface area contributed by atoms with Crippen LogP contribution in [0, 0.1) is 10.1 Å². The number of anilines is 1. The Kier molecular flexibility index (Phi) is 5.74. The summed E-state index contributed by atoms with van der Waals surface area (Å²) in [5.41, 5.74) is -0.559. The van der Waals surface area contributed by atoms with E-state index in [1.807, 2.05) is 0 Å². The molecule has 0 saturated carbocycles. The molecule has 1 N–H and O–H groups in total. The van der Waals surface area contributed by atoms with Crippen LogP contribution in [-0.2, 0) is 16.4 Å². The predicted octanol–water partition coefficient (Wildman–Crippen LogP) is 2.87. The summed E-state index contributed by atoms with van der Waals surface area (Å²) in [6, 6.07) is 11.0. The van der Waals surface area contributed by atoms with Crippen molar-refractivity contribution in [2.45, 2.75) is 22.6 Å². The zero-order valence-corrected chi connectivity index (χ0v) is 18.6. The van der Waals surface area contributed by atoms with Gasteiger partial charge in [-0.15, -0.1) is 0 Å². The number of nitro benzene ring substituents is 1. The number of non-ortho nitro benzene ring substituents is 1. The molecule has 4 rings (SSSR count). The molecule has 1 amide bonds. The lowest BCUT2D eigenvalue weighted by Gasteiger charge is -2.09. The number of benzene rings is 2. The van der Waals surface area contributed by atoms with Gasteiger partial charge in [0.05, 0.1) is 21.4 Å². The van der Waals surface area contributed by atoms with E-state index in [1.165, 1.54) is 4.68 Å². The second kappa shape index (κ2) is 8.52. The number of carbonyl (C=O) groups excluding carboxylic acids is 1. The Morgan fingerprint density at radius 3 is 2.45 bits per heavy atom. The van der Waals surface area contributed by atoms with Crippen LogP contribution in [0.4, 0.5) is 10.8 Å². The van der Waals surface area contributed by atoms with Gasteiger partial charge in [-0.25, -0.2) is 18.1 Å². The Labute approximate surface area is 190 Å². The number of hydrogen-bond acceptors (Lipinski definition) is 9. The Bertz CT molecular complexity index is 1560. The first-order valence-corrected chi connectivity index (χ1v) is 11.8. The van der Waals surface area contributed by atoms with Crippen molar-refractivity contribution < 1.29 is 18.1 Å². The zero-order valence-electron chi connectivity index (χ0n) is 17.0. The molecular weight excluding hydrogens is 470 g/mol. The van der Waals surface area contributed by atoms with Crippen LogP contribution in [0.5, 0.6) is 0 Å². The highest BCUT2D eigenvalue weighted by atomic mass is 32.2. The van der Waals surface area contributed by atoms with Crippen LogP contribution >= 0.6 is 11.3 Å². The maximum absolute atomic E-state index is 12.9. The Morgan fingerprint density at radius 2 is 1.82 bits per heavy atom. The van der Waals surface area contributed by atoms with Gasteiger partial charge in [-0.2, -0.15) is 5.10 Å². The molecule has 168 valence electrons. The van der Waals surface area contributed by atoms with Crippen LogP contribution < -0.4 is 10.9 Å². The number of nitrogens with one attached hydrogen (secondary N) is 1. The van der Waals surface area contributed by atoms with Crippen molar-refractivity contribution in [2.75, 3.05) is 5.32 Å². The van der Waals surface area contributed by atoms with Crippen LogP contribution in [0.1, 0.15) is 17.4 Å². The zero-order chi connectivity index (χ0) is 23.8. The highest BCUT2D eigenvalue weighted by Gasteiger charge is 2.23. The summed E-state index contributed by atoms with van der Waals surface area (Å²) in [5.74, 6) is -0.651. The Morgan fingerprint density at radius 1 is 1.15 bits per heavy atom. The molecule has 0 aliphatic carbocycles. The van der Waals surface area contributed by atoms with Crippen molar-refractivity contribution in [1.29, 1.82) is 0 Å². The van der Waals surface area contributed by atoms with E-state index in [9.17, 15) is 28.1 Å². The van der Waals surface area contributed by atoms with E-state index < -0.39 is 20.7 Å². The summed E-state index contributed by atoms with van der Waals surface area (Å²) < 4.78 is 26.7. The third kappa shape index (κ3) is 4.10. The second-order valence-corrected chi connectivity index (χ2v) is 9.92. The molecule has 2 aromatic carbocycles. The molecule has 0 atom stereocenters. The van der Waals surface area contributed by atoms with Crippen LogP contribution in [0.2, 0.25) is 0 Å². The number of rotatable bonds is 6. The van der Waals surface area contributed by atoms with Crippen molar-refractivity contribution >= 4 is 48.7 Å². The standard InChI is InChI=1S/C20H15N5O6S2/c1-2-24-19(27)15-6-4-3-5-14(15)17(23-24)18(26)22-20-21-11-16(32-20)33(30,31)13-9-7-12(8-10-13)25(28)29/h3-11H,2H2,1H3,(H,21,22,26). The molecule has 0 aliphatic heterocycles. The molecule has 0 unspecified atom stereocenters. The lowest BCUT2D eigenvalue weighted by Crippen LogP contribution is -2.27. The molecule has 0 fully saturated rings. The van der Waals surface area contributed by atoms with E-state index in [1.54, 1.807) is 31.2 Å². The number of sulfone groups is 1. The number of thiazole rings is 1. The van der Waals surface area contributed by atoms with E-state index in [0.717, 1.165) is 41.8 Å². The van der Waals surface area contributed by atoms with Crippen LogP contribution in [0.15, 0.2) is 68.6 Å². The minimum absolute atomic E-state index is 0.00188. The van der Waals surface area contributed by atoms with Gasteiger partial charge in [0.15, 0.2) is 10.8 Å². The fourth-order valence-corrected chi connectivity index (χ4v) is 5.51. The van der Waals surface area contributed by atoms with E-state index in [2.05, 4.69) is 15.4 Å². The number of carbonyl (C=O) groups is 1. The van der Waals surface area contributed by atoms with E-state index in [4.69, 9.17) is 0 Å². The molecule has 0 radical (unpaired) electrons. The number of aromatic nitrogens is 3. The number of aryl methyl sites for hydroxylation is 1. The molecular formula is C20H15N5O6S2. The summed E-state index contributed by atoms with van der Waals surface area (Å²) in [7, 11) is -3.99. The molecule has 11 nitrogen and oxygen atoms in total. The van der Waals surface area contributed by atoms with Gasteiger partial charge in [0.2, 0.25) is 9.84 Å². The van der Waals surface area contributed by atoms with Gasteiger partial charge in [-0.1, -0.05) is 29.5 Å². The third-order valence-electron chi connectivity index (χ3n) is 4.71. The van der Waals surface area contributed by atoms with Gasteiger partial charge in [0, 0.05) is 24.1 Å². The van der Waals surface area contributed by atoms with Crippen molar-refractivity contribution in [2.24, 2.45) is 0 Å². The maximum Gasteiger partial charge on any atom is 0.278 e. The predicted molar refractivity (Wildman–Crippen MR) is 120 cm³/mol. The summed E-state index contributed by atoms with van der Waals surface area (Å²) in [6.45, 7) is 1.99. The van der Waals surface area contributed by atoms with Gasteiger partial charge >= 0.3 is 0 Å². The molecule has 0 bridgehead atoms. The monoisotopic (exact) mass is 485 g/mol. The number of amides is 1. The maximum atomic E-state index is 12.9. The van der Waals surface area contributed by atoms with Gasteiger partial charge in [0.1, 0.15) is 4.21 Å². The quantitative estimate of drug-likeness (QED) is 0.323. The molecule has 2 aromatic heterocycles. The molecule has 4 aromatic rings. The highest BCUT2D eigenvalue weighted by molar-refractivity contribution is 7.93. The van der Waals surface area contributed by atoms with Crippen molar-refractivity contribution in [1.82, 2.24) is 14.8 Å². The first-order chi connectivity index (χ1) is 15.7. The fourth-order valence-electron chi connectivity index (χ4n) is 3.08. The number of nitrogens with zero attached hydrogens (tertiary/aromatic N) is 4. The smallest absolute Gasteiger partial charge is 0.278 e. The van der Waals surface area contributed by atoms with Crippen molar-refractivity contribution in [3.8, 4) is 0 Å². The van der Waals surface area contributed by atoms with E-state index in [-0.39, 0.29) is 37.7 Å². The first kappa shape index (κ1) is 22.2. The summed E-state index contributed by atoms with van der Waals surface area (Å²) in [4.78, 5) is 39.3. The Hall–Kier alpha value is -3.97. The topological polar surface area (TPSA) is 154 Å². The minimum Gasteiger partial charge on any atom is -0.296 e. The SMILES string of the molecule is CCn1nc(C(=O)Nc2ncc(S(=O)(=O)c3ccc([N+](=O)[O-])cc3)s2)c2ccccc2c1=O. The molecule has 33 heavy (non-hydrogen) atoms. The summed E-state index contributed by atoms with van der Waals surface area (Å²) in [6.07, 6.45) is 1.09. The largest absolute Gasteiger partial charge is 0.296 e. The molecule has 0 saturated heterocycles. The van der Waals surface area contributed by atoms with Crippen LogP contribution in [0.25, 0.3) is 10.8 Å². The molecule has 0 spiro atoms. The van der Waals surface area contributed by atoms with Gasteiger partial charge < -0.3 is 0 Å². The second-order valence-electron chi connectivity index (χ2n) is 6.71. The normalized spacial score (nSPS) is 11.4. The van der Waals surface area contributed by atoms with E-state index >= 15 is 0 Å². The fraction of sp³-hybridized carbons (Fsp3) is 0.100. The van der Waals surface area contributed by atoms with E-state index in [0.29, 0.717) is 10.8 Å². The molecule has 2 heterocycles. The number of fused-ring (bicyclic) bond motifs is 1. The highest BCUT2D eigenvalue weighted by Crippen LogP contribution is 2.30. The molecule has 13 heteroatoms. The van der Waals surface area contributed by atoms with Crippen LogP contribution in [0.3, 0.4) is 0 Å². The lowest BCUT2D eigenvalue weighted by atomic mass is 10.1. The minimum atomic E-state index is -3.99.